The molecule has 7 nitrogen and oxygen atoms in total. The van der Waals surface area contributed by atoms with E-state index in [0.717, 1.165) is 12.1 Å². The van der Waals surface area contributed by atoms with Crippen LogP contribution in [0.2, 0.25) is 0 Å². The summed E-state index contributed by atoms with van der Waals surface area (Å²) in [6.07, 6.45) is -6.92. The first-order valence-electron chi connectivity index (χ1n) is 10.6. The zero-order valence-corrected chi connectivity index (χ0v) is 17.6. The largest absolute Gasteiger partial charge is 0.522 e. The van der Waals surface area contributed by atoms with Gasteiger partial charge < -0.3 is 10.1 Å². The topological polar surface area (TPSA) is 78.3 Å². The van der Waals surface area contributed by atoms with Gasteiger partial charge in [0.1, 0.15) is 12.9 Å². The molecule has 4 saturated carbocycles. The Hall–Kier alpha value is -2.67. The van der Waals surface area contributed by atoms with E-state index in [0.29, 0.717) is 30.8 Å². The van der Waals surface area contributed by atoms with Crippen LogP contribution in [0.5, 0.6) is 0 Å². The molecule has 4 aliphatic carbocycles. The van der Waals surface area contributed by atoms with Gasteiger partial charge in [-0.1, -0.05) is 0 Å². The van der Waals surface area contributed by atoms with E-state index in [4.69, 9.17) is 4.74 Å². The maximum absolute atomic E-state index is 12.7. The average molecular weight is 490 g/mol. The third-order valence-electron chi connectivity index (χ3n) is 6.66. The summed E-state index contributed by atoms with van der Waals surface area (Å²) in [6, 6.07) is 4.62. The van der Waals surface area contributed by atoms with Gasteiger partial charge in [-0.3, -0.25) is 9.53 Å². The quantitative estimate of drug-likeness (QED) is 0.600. The summed E-state index contributed by atoms with van der Waals surface area (Å²) in [5.74, 6) is 0.238. The van der Waals surface area contributed by atoms with Gasteiger partial charge in [0.25, 0.3) is 0 Å². The van der Waals surface area contributed by atoms with Gasteiger partial charge in [-0.25, -0.2) is 9.67 Å². The van der Waals surface area contributed by atoms with Gasteiger partial charge >= 0.3 is 12.5 Å². The van der Waals surface area contributed by atoms with E-state index >= 15 is 0 Å². The van der Waals surface area contributed by atoms with Crippen LogP contribution in [0.15, 0.2) is 30.6 Å². The fourth-order valence-corrected chi connectivity index (χ4v) is 5.06. The molecule has 1 aromatic heterocycles. The lowest BCUT2D eigenvalue weighted by atomic mass is 9.39. The molecule has 1 aromatic carbocycles. The molecule has 0 saturated heterocycles. The second kappa shape index (κ2) is 7.67. The van der Waals surface area contributed by atoms with Crippen molar-refractivity contribution in [2.45, 2.75) is 67.8 Å². The van der Waals surface area contributed by atoms with Gasteiger partial charge in [0.15, 0.2) is 5.82 Å². The lowest BCUT2D eigenvalue weighted by Crippen LogP contribution is -2.77. The molecule has 0 unspecified atom stereocenters. The Morgan fingerprint density at radius 2 is 1.71 bits per heavy atom. The summed E-state index contributed by atoms with van der Waals surface area (Å²) >= 11 is 0. The molecule has 13 heteroatoms. The van der Waals surface area contributed by atoms with Crippen molar-refractivity contribution >= 4 is 5.91 Å². The summed E-state index contributed by atoms with van der Waals surface area (Å²) < 4.78 is 85.2. The SMILES string of the molecule is O=C(COC1CC(OC(F)(F)F)C1)NC12CC(c3ncn(-c4ccc(C(F)(F)F)cc4)n3)(C1)C2. The van der Waals surface area contributed by atoms with Gasteiger partial charge in [-0.05, 0) is 43.5 Å². The number of halogens is 6. The Labute approximate surface area is 189 Å². The van der Waals surface area contributed by atoms with Crippen molar-refractivity contribution in [1.29, 1.82) is 0 Å². The zero-order valence-electron chi connectivity index (χ0n) is 17.6. The molecule has 0 spiro atoms. The Kier molecular flexibility index (Phi) is 5.21. The van der Waals surface area contributed by atoms with Crippen LogP contribution in [-0.4, -0.2) is 51.4 Å². The molecule has 2 aromatic rings. The number of carbonyl (C=O) groups excluding carboxylic acids is 1. The maximum atomic E-state index is 12.7. The third kappa shape index (κ3) is 4.38. The minimum atomic E-state index is -4.67. The molecule has 2 bridgehead atoms. The minimum Gasteiger partial charge on any atom is -0.368 e. The van der Waals surface area contributed by atoms with E-state index < -0.39 is 30.3 Å². The molecular weight excluding hydrogens is 470 g/mol. The lowest BCUT2D eigenvalue weighted by molar-refractivity contribution is -0.357. The van der Waals surface area contributed by atoms with Crippen LogP contribution in [-0.2, 0) is 25.9 Å². The first-order chi connectivity index (χ1) is 15.8. The predicted octanol–water partition coefficient (Wildman–Crippen LogP) is 3.66. The molecule has 0 radical (unpaired) electrons. The average Bonchev–Trinajstić information content (AvgIpc) is 3.13. The van der Waals surface area contributed by atoms with E-state index in [1.807, 2.05) is 0 Å². The number of alkyl halides is 6. The van der Waals surface area contributed by atoms with Gasteiger partial charge in [0, 0.05) is 23.8 Å². The highest BCUT2D eigenvalue weighted by atomic mass is 19.4. The molecule has 4 fully saturated rings. The van der Waals surface area contributed by atoms with Gasteiger partial charge in [0.2, 0.25) is 5.91 Å². The summed E-state index contributed by atoms with van der Waals surface area (Å²) in [5, 5.41) is 7.34. The van der Waals surface area contributed by atoms with E-state index in [2.05, 4.69) is 20.1 Å². The highest BCUT2D eigenvalue weighted by Crippen LogP contribution is 2.67. The number of rotatable bonds is 7. The van der Waals surface area contributed by atoms with Crippen molar-refractivity contribution in [3.8, 4) is 5.69 Å². The van der Waals surface area contributed by atoms with Crippen LogP contribution >= 0.6 is 0 Å². The molecule has 1 heterocycles. The number of nitrogens with one attached hydrogen (secondary N) is 1. The third-order valence-corrected chi connectivity index (χ3v) is 6.66. The Balaban J connectivity index is 1.08. The summed E-state index contributed by atoms with van der Waals surface area (Å²) in [5.41, 5.74) is -0.940. The van der Waals surface area contributed by atoms with Crippen molar-refractivity contribution in [2.75, 3.05) is 6.61 Å². The number of hydrogen-bond acceptors (Lipinski definition) is 5. The molecule has 0 atom stereocenters. The van der Waals surface area contributed by atoms with Crippen molar-refractivity contribution in [3.05, 3.63) is 42.0 Å². The fraction of sp³-hybridized carbons (Fsp3) is 0.571. The van der Waals surface area contributed by atoms with Gasteiger partial charge in [-0.15, -0.1) is 13.2 Å². The minimum absolute atomic E-state index is 0.0916. The highest BCUT2D eigenvalue weighted by Gasteiger charge is 2.71. The fourth-order valence-electron chi connectivity index (χ4n) is 5.06. The molecule has 6 rings (SSSR count). The zero-order chi connectivity index (χ0) is 24.4. The monoisotopic (exact) mass is 490 g/mol. The summed E-state index contributed by atoms with van der Waals surface area (Å²) in [4.78, 5) is 16.5. The number of carbonyl (C=O) groups is 1. The Morgan fingerprint density at radius 3 is 2.29 bits per heavy atom. The van der Waals surface area contributed by atoms with Crippen molar-refractivity contribution in [2.24, 2.45) is 0 Å². The van der Waals surface area contributed by atoms with Crippen LogP contribution in [0.4, 0.5) is 26.3 Å². The highest BCUT2D eigenvalue weighted by molar-refractivity contribution is 5.79. The number of benzene rings is 1. The van der Waals surface area contributed by atoms with E-state index in [1.54, 1.807) is 0 Å². The maximum Gasteiger partial charge on any atom is 0.522 e. The van der Waals surface area contributed by atoms with Gasteiger partial charge in [0.05, 0.1) is 23.5 Å². The number of amides is 1. The first kappa shape index (κ1) is 23.1. The van der Waals surface area contributed by atoms with E-state index in [1.165, 1.54) is 23.1 Å². The van der Waals surface area contributed by atoms with Gasteiger partial charge in [-0.2, -0.15) is 18.3 Å². The standard InChI is InChI=1S/C21H20F6N4O3/c22-20(23,24)12-1-3-13(4-2-12)31-11-28-17(30-31)18-8-19(9-18,10-18)29-16(32)7-33-14-5-15(6-14)34-21(25,26)27/h1-4,11,14-15H,5-10H2,(H,29,32). The number of ether oxygens (including phenoxy) is 2. The molecular formula is C21H20F6N4O3. The molecule has 0 aliphatic heterocycles. The van der Waals surface area contributed by atoms with E-state index in [-0.39, 0.29) is 36.3 Å². The molecule has 1 amide bonds. The van der Waals surface area contributed by atoms with Crippen LogP contribution in [0.1, 0.15) is 43.5 Å². The lowest BCUT2D eigenvalue weighted by Gasteiger charge is -2.69. The smallest absolute Gasteiger partial charge is 0.368 e. The molecule has 184 valence electrons. The van der Waals surface area contributed by atoms with Crippen molar-refractivity contribution in [1.82, 2.24) is 20.1 Å². The molecule has 4 aliphatic rings. The second-order valence-electron chi connectivity index (χ2n) is 9.29. The molecule has 1 N–H and O–H groups in total. The normalized spacial score (nSPS) is 30.2. The second-order valence-corrected chi connectivity index (χ2v) is 9.29. The molecule has 34 heavy (non-hydrogen) atoms. The number of aromatic nitrogens is 3. The first-order valence-corrected chi connectivity index (χ1v) is 10.6. The Bertz CT molecular complexity index is 1060. The predicted molar refractivity (Wildman–Crippen MR) is 103 cm³/mol. The number of nitrogens with zero attached hydrogens (tertiary/aromatic N) is 3. The number of hydrogen-bond donors (Lipinski definition) is 1. The van der Waals surface area contributed by atoms with Crippen LogP contribution in [0, 0.1) is 0 Å². The van der Waals surface area contributed by atoms with Crippen molar-refractivity contribution in [3.63, 3.8) is 0 Å². The van der Waals surface area contributed by atoms with Crippen LogP contribution in [0.3, 0.4) is 0 Å². The van der Waals surface area contributed by atoms with Crippen molar-refractivity contribution < 1.29 is 40.6 Å². The Morgan fingerprint density at radius 1 is 1.06 bits per heavy atom. The van der Waals surface area contributed by atoms with E-state index in [9.17, 15) is 31.1 Å². The van der Waals surface area contributed by atoms with Crippen LogP contribution < -0.4 is 5.32 Å². The summed E-state index contributed by atoms with van der Waals surface area (Å²) in [7, 11) is 0. The summed E-state index contributed by atoms with van der Waals surface area (Å²) in [6.45, 7) is -0.237. The van der Waals surface area contributed by atoms with Crippen LogP contribution in [0.25, 0.3) is 5.69 Å².